The van der Waals surface area contributed by atoms with Crippen LogP contribution in [0, 0.1) is 13.8 Å². The molecule has 0 unspecified atom stereocenters. The highest BCUT2D eigenvalue weighted by molar-refractivity contribution is 5.82. The van der Waals surface area contributed by atoms with E-state index in [0.717, 1.165) is 22.5 Å². The Labute approximate surface area is 171 Å². The van der Waals surface area contributed by atoms with Crippen molar-refractivity contribution in [3.8, 4) is 5.69 Å². The van der Waals surface area contributed by atoms with Gasteiger partial charge in [0, 0.05) is 11.9 Å². The summed E-state index contributed by atoms with van der Waals surface area (Å²) in [6.07, 6.45) is 4.80. The fraction of sp³-hybridized carbons (Fsp3) is 0.136. The summed E-state index contributed by atoms with van der Waals surface area (Å²) >= 11 is 0. The largest absolute Gasteiger partial charge is 0.382 e. The predicted octanol–water partition coefficient (Wildman–Crippen LogP) is 2.77. The van der Waals surface area contributed by atoms with E-state index in [2.05, 4.69) is 19.9 Å². The van der Waals surface area contributed by atoms with E-state index >= 15 is 0 Å². The van der Waals surface area contributed by atoms with E-state index < -0.39 is 0 Å². The van der Waals surface area contributed by atoms with Crippen molar-refractivity contribution in [1.29, 1.82) is 0 Å². The van der Waals surface area contributed by atoms with Gasteiger partial charge in [0.15, 0.2) is 11.5 Å². The molecule has 0 saturated carbocycles. The molecule has 0 fully saturated rings. The molecule has 0 bridgehead atoms. The fourth-order valence-corrected chi connectivity index (χ4v) is 3.82. The molecule has 0 spiro atoms. The lowest BCUT2D eigenvalue weighted by Gasteiger charge is -2.17. The molecule has 0 aliphatic carbocycles. The van der Waals surface area contributed by atoms with E-state index in [1.165, 1.54) is 6.33 Å². The minimum absolute atomic E-state index is 0.0963. The number of benzene rings is 1. The molecule has 5 rings (SSSR count). The number of anilines is 1. The molecular weight excluding hydrogens is 378 g/mol. The normalized spacial score (nSPS) is 11.4. The first-order valence-electron chi connectivity index (χ1n) is 9.52. The molecule has 0 amide bonds. The van der Waals surface area contributed by atoms with Crippen molar-refractivity contribution in [3.63, 3.8) is 0 Å². The average Bonchev–Trinajstić information content (AvgIpc) is 3.13. The van der Waals surface area contributed by atoms with E-state index in [-0.39, 0.29) is 5.56 Å². The molecule has 0 atom stereocenters. The number of rotatable bonds is 3. The van der Waals surface area contributed by atoms with Crippen molar-refractivity contribution in [2.45, 2.75) is 20.4 Å². The van der Waals surface area contributed by atoms with E-state index in [1.807, 2.05) is 54.8 Å². The first-order valence-corrected chi connectivity index (χ1v) is 9.52. The van der Waals surface area contributed by atoms with Gasteiger partial charge >= 0.3 is 0 Å². The van der Waals surface area contributed by atoms with Crippen molar-refractivity contribution >= 4 is 27.9 Å². The number of aromatic nitrogens is 6. The number of fused-ring (bicyclic) bond motifs is 2. The highest BCUT2D eigenvalue weighted by atomic mass is 16.1. The summed E-state index contributed by atoms with van der Waals surface area (Å²) in [6, 6.07) is 11.6. The van der Waals surface area contributed by atoms with Gasteiger partial charge in [0.05, 0.1) is 29.5 Å². The van der Waals surface area contributed by atoms with Crippen LogP contribution >= 0.6 is 0 Å². The van der Waals surface area contributed by atoms with Gasteiger partial charge in [-0.1, -0.05) is 18.2 Å². The Morgan fingerprint density at radius 3 is 2.67 bits per heavy atom. The Morgan fingerprint density at radius 1 is 1.00 bits per heavy atom. The number of nitrogens with zero attached hydrogens (tertiary/aromatic N) is 6. The number of nitrogen functional groups attached to an aromatic ring is 1. The van der Waals surface area contributed by atoms with Gasteiger partial charge in [-0.3, -0.25) is 14.3 Å². The molecule has 2 N–H and O–H groups in total. The Balaban J connectivity index is 1.80. The van der Waals surface area contributed by atoms with Crippen molar-refractivity contribution in [2.75, 3.05) is 5.73 Å². The molecule has 148 valence electrons. The van der Waals surface area contributed by atoms with Crippen molar-refractivity contribution in [2.24, 2.45) is 0 Å². The summed E-state index contributed by atoms with van der Waals surface area (Å²) in [5.74, 6) is 0.325. The van der Waals surface area contributed by atoms with E-state index in [9.17, 15) is 4.79 Å². The molecule has 0 radical (unpaired) electrons. The third kappa shape index (κ3) is 2.73. The second kappa shape index (κ2) is 6.77. The van der Waals surface area contributed by atoms with E-state index in [1.54, 1.807) is 17.1 Å². The van der Waals surface area contributed by atoms with Crippen LogP contribution in [0.4, 0.5) is 5.82 Å². The zero-order chi connectivity index (χ0) is 20.8. The third-order valence-electron chi connectivity index (χ3n) is 5.31. The van der Waals surface area contributed by atoms with Crippen LogP contribution in [0.2, 0.25) is 0 Å². The van der Waals surface area contributed by atoms with Crippen molar-refractivity contribution in [3.05, 3.63) is 82.4 Å². The van der Waals surface area contributed by atoms with Gasteiger partial charge in [0.2, 0.25) is 0 Å². The number of imidazole rings is 1. The van der Waals surface area contributed by atoms with Gasteiger partial charge in [0.25, 0.3) is 5.56 Å². The monoisotopic (exact) mass is 397 g/mol. The number of hydrogen-bond donors (Lipinski definition) is 1. The highest BCUT2D eigenvalue weighted by Crippen LogP contribution is 2.22. The molecule has 8 nitrogen and oxygen atoms in total. The maximum absolute atomic E-state index is 13.6. The van der Waals surface area contributed by atoms with Crippen LogP contribution in [0.15, 0.2) is 60.0 Å². The van der Waals surface area contributed by atoms with Crippen LogP contribution < -0.4 is 11.3 Å². The van der Waals surface area contributed by atoms with Gasteiger partial charge in [-0.05, 0) is 43.2 Å². The van der Waals surface area contributed by atoms with E-state index in [0.29, 0.717) is 34.4 Å². The molecule has 5 aromatic rings. The van der Waals surface area contributed by atoms with Gasteiger partial charge in [-0.2, -0.15) is 0 Å². The standard InChI is InChI=1S/C22H19N7O/c1-13-5-3-4-6-17(13)29-15(9-16-18(22(29)30)14(2)7-8-24-16)10-28-12-27-19-20(23)25-11-26-21(19)28/h3-9,11-12H,10H2,1-2H3,(H2,23,25,26). The zero-order valence-electron chi connectivity index (χ0n) is 16.6. The van der Waals surface area contributed by atoms with E-state index in [4.69, 9.17) is 5.73 Å². The first kappa shape index (κ1) is 18.0. The Bertz CT molecular complexity index is 1480. The zero-order valence-corrected chi connectivity index (χ0v) is 16.6. The first-order chi connectivity index (χ1) is 14.5. The summed E-state index contributed by atoms with van der Waals surface area (Å²) < 4.78 is 3.61. The van der Waals surface area contributed by atoms with Crippen LogP contribution in [0.1, 0.15) is 16.8 Å². The molecule has 8 heteroatoms. The van der Waals surface area contributed by atoms with Crippen LogP contribution in [0.5, 0.6) is 0 Å². The summed E-state index contributed by atoms with van der Waals surface area (Å²) in [7, 11) is 0. The predicted molar refractivity (Wildman–Crippen MR) is 116 cm³/mol. The minimum Gasteiger partial charge on any atom is -0.382 e. The van der Waals surface area contributed by atoms with Gasteiger partial charge in [-0.15, -0.1) is 0 Å². The summed E-state index contributed by atoms with van der Waals surface area (Å²) in [4.78, 5) is 30.7. The van der Waals surface area contributed by atoms with Crippen LogP contribution in [-0.2, 0) is 6.54 Å². The minimum atomic E-state index is -0.0963. The second-order valence-corrected chi connectivity index (χ2v) is 7.25. The number of hydrogen-bond acceptors (Lipinski definition) is 6. The number of nitrogens with two attached hydrogens (primary N) is 1. The summed E-state index contributed by atoms with van der Waals surface area (Å²) in [5, 5.41) is 0.617. The number of para-hydroxylation sites is 1. The molecule has 1 aromatic carbocycles. The average molecular weight is 397 g/mol. The lowest BCUT2D eigenvalue weighted by Crippen LogP contribution is -2.25. The van der Waals surface area contributed by atoms with Crippen LogP contribution in [-0.4, -0.2) is 29.1 Å². The second-order valence-electron chi connectivity index (χ2n) is 7.25. The molecular formula is C22H19N7O. The quantitative estimate of drug-likeness (QED) is 0.502. The molecule has 4 aromatic heterocycles. The Morgan fingerprint density at radius 2 is 1.83 bits per heavy atom. The maximum atomic E-state index is 13.6. The van der Waals surface area contributed by atoms with Crippen molar-refractivity contribution in [1.82, 2.24) is 29.1 Å². The SMILES string of the molecule is Cc1ccccc1-n1c(Cn2cnc3c(N)ncnc32)cc2nccc(C)c2c1=O. The molecule has 30 heavy (non-hydrogen) atoms. The van der Waals surface area contributed by atoms with Crippen molar-refractivity contribution < 1.29 is 0 Å². The fourth-order valence-electron chi connectivity index (χ4n) is 3.82. The number of pyridine rings is 2. The third-order valence-corrected chi connectivity index (χ3v) is 5.31. The summed E-state index contributed by atoms with van der Waals surface area (Å²) in [5.41, 5.74) is 11.2. The molecule has 0 saturated heterocycles. The van der Waals surface area contributed by atoms with Gasteiger partial charge < -0.3 is 10.3 Å². The topological polar surface area (TPSA) is 105 Å². The van der Waals surface area contributed by atoms with Crippen LogP contribution in [0.3, 0.4) is 0 Å². The summed E-state index contributed by atoms with van der Waals surface area (Å²) in [6.45, 7) is 4.30. The molecule has 0 aliphatic heterocycles. The highest BCUT2D eigenvalue weighted by Gasteiger charge is 2.17. The maximum Gasteiger partial charge on any atom is 0.265 e. The lowest BCUT2D eigenvalue weighted by molar-refractivity contribution is 0.748. The Hall–Kier alpha value is -4.07. The Kier molecular flexibility index (Phi) is 4.06. The molecule has 0 aliphatic rings. The van der Waals surface area contributed by atoms with Gasteiger partial charge in [-0.25, -0.2) is 15.0 Å². The lowest BCUT2D eigenvalue weighted by atomic mass is 10.1. The van der Waals surface area contributed by atoms with Crippen LogP contribution in [0.25, 0.3) is 27.8 Å². The molecule has 4 heterocycles. The van der Waals surface area contributed by atoms with Gasteiger partial charge in [0.1, 0.15) is 11.8 Å². The smallest absolute Gasteiger partial charge is 0.265 e. The number of aryl methyl sites for hydroxylation is 2.